The minimum atomic E-state index is -4.52. The zero-order valence-electron chi connectivity index (χ0n) is 19.1. The molecular weight excluding hydrogens is 467 g/mol. The van der Waals surface area contributed by atoms with Crippen LogP contribution in [0.25, 0.3) is 11.0 Å². The van der Waals surface area contributed by atoms with Gasteiger partial charge in [-0.2, -0.15) is 13.2 Å². The Morgan fingerprint density at radius 2 is 1.83 bits per heavy atom. The number of ether oxygens (including phenoxy) is 3. The van der Waals surface area contributed by atoms with Crippen molar-refractivity contribution >= 4 is 22.9 Å². The summed E-state index contributed by atoms with van der Waals surface area (Å²) in [5, 5.41) is 2.70. The molecule has 8 nitrogen and oxygen atoms in total. The van der Waals surface area contributed by atoms with Gasteiger partial charge in [-0.1, -0.05) is 6.07 Å². The Hall–Kier alpha value is -4.15. The van der Waals surface area contributed by atoms with Gasteiger partial charge in [0.15, 0.2) is 11.5 Å². The molecule has 0 bridgehead atoms. The first-order valence-corrected chi connectivity index (χ1v) is 10.4. The van der Waals surface area contributed by atoms with E-state index in [0.717, 1.165) is 12.1 Å². The number of anilines is 1. The number of hydrogen-bond acceptors (Lipinski definition) is 6. The monoisotopic (exact) mass is 489 g/mol. The summed E-state index contributed by atoms with van der Waals surface area (Å²) in [4.78, 5) is 17.2. The van der Waals surface area contributed by atoms with Gasteiger partial charge in [-0.15, -0.1) is 0 Å². The van der Waals surface area contributed by atoms with Crippen molar-refractivity contribution in [1.82, 2.24) is 9.55 Å². The number of halogens is 3. The smallest absolute Gasteiger partial charge is 0.416 e. The number of carbonyl (C=O) groups excluding carboxylic acids is 1. The van der Waals surface area contributed by atoms with Crippen molar-refractivity contribution in [3.05, 3.63) is 65.6 Å². The van der Waals surface area contributed by atoms with Crippen molar-refractivity contribution in [2.45, 2.75) is 19.1 Å². The van der Waals surface area contributed by atoms with E-state index < -0.39 is 17.6 Å². The first-order chi connectivity index (χ1) is 16.7. The number of alkyl halides is 3. The maximum atomic E-state index is 13.2. The summed E-state index contributed by atoms with van der Waals surface area (Å²) < 4.78 is 62.7. The number of rotatable bonds is 8. The Kier molecular flexibility index (Phi) is 6.59. The lowest BCUT2D eigenvalue weighted by Gasteiger charge is -2.15. The number of benzene rings is 2. The number of carbonyl (C=O) groups is 1. The topological polar surface area (TPSA) is 87.8 Å². The van der Waals surface area contributed by atoms with Crippen LogP contribution in [0.15, 0.2) is 53.1 Å². The zero-order valence-corrected chi connectivity index (χ0v) is 19.1. The van der Waals surface area contributed by atoms with Crippen LogP contribution in [0.5, 0.6) is 17.2 Å². The molecule has 0 saturated carbocycles. The fourth-order valence-corrected chi connectivity index (χ4v) is 3.76. The lowest BCUT2D eigenvalue weighted by molar-refractivity contribution is -0.137. The van der Waals surface area contributed by atoms with Crippen LogP contribution in [0.2, 0.25) is 0 Å². The number of amides is 1. The molecule has 184 valence electrons. The number of imidazole rings is 1. The molecule has 1 amide bonds. The summed E-state index contributed by atoms with van der Waals surface area (Å²) in [5.74, 6) is 1.28. The third-order valence-electron chi connectivity index (χ3n) is 5.36. The Bertz CT molecular complexity index is 1350. The van der Waals surface area contributed by atoms with Crippen LogP contribution in [0.4, 0.5) is 19.1 Å². The van der Waals surface area contributed by atoms with E-state index in [1.807, 2.05) is 0 Å². The Morgan fingerprint density at radius 3 is 2.46 bits per heavy atom. The van der Waals surface area contributed by atoms with E-state index >= 15 is 0 Å². The molecule has 0 unspecified atom stereocenters. The Balaban J connectivity index is 1.68. The highest BCUT2D eigenvalue weighted by atomic mass is 19.4. The van der Waals surface area contributed by atoms with E-state index in [-0.39, 0.29) is 24.4 Å². The molecular formula is C24H22F3N3O5. The van der Waals surface area contributed by atoms with Crippen molar-refractivity contribution in [3.63, 3.8) is 0 Å². The molecule has 0 spiro atoms. The van der Waals surface area contributed by atoms with E-state index in [1.54, 1.807) is 28.8 Å². The van der Waals surface area contributed by atoms with Crippen molar-refractivity contribution in [2.24, 2.45) is 0 Å². The summed E-state index contributed by atoms with van der Waals surface area (Å²) in [7, 11) is 4.38. The van der Waals surface area contributed by atoms with E-state index in [0.29, 0.717) is 34.1 Å². The highest BCUT2D eigenvalue weighted by Crippen LogP contribution is 2.40. The molecule has 0 atom stereocenters. The molecule has 0 radical (unpaired) electrons. The predicted molar refractivity (Wildman–Crippen MR) is 121 cm³/mol. The molecule has 35 heavy (non-hydrogen) atoms. The molecule has 4 aromatic rings. The molecule has 4 rings (SSSR count). The number of aromatic nitrogens is 2. The third kappa shape index (κ3) is 4.88. The molecule has 0 aliphatic carbocycles. The second kappa shape index (κ2) is 9.61. The van der Waals surface area contributed by atoms with Crippen LogP contribution in [0.3, 0.4) is 0 Å². The van der Waals surface area contributed by atoms with Crippen LogP contribution in [0.1, 0.15) is 16.9 Å². The van der Waals surface area contributed by atoms with Crippen molar-refractivity contribution in [2.75, 3.05) is 26.6 Å². The molecule has 0 aliphatic rings. The molecule has 0 saturated heterocycles. The second-order valence-corrected chi connectivity index (χ2v) is 7.52. The van der Waals surface area contributed by atoms with Gasteiger partial charge in [0.1, 0.15) is 5.76 Å². The lowest BCUT2D eigenvalue weighted by atomic mass is 10.1. The fourth-order valence-electron chi connectivity index (χ4n) is 3.76. The molecule has 2 aromatic carbocycles. The van der Waals surface area contributed by atoms with Gasteiger partial charge >= 0.3 is 6.18 Å². The molecule has 0 fully saturated rings. The van der Waals surface area contributed by atoms with Gasteiger partial charge in [0.05, 0.1) is 57.2 Å². The van der Waals surface area contributed by atoms with E-state index in [4.69, 9.17) is 18.6 Å². The average Bonchev–Trinajstić information content (AvgIpc) is 3.46. The van der Waals surface area contributed by atoms with Crippen LogP contribution in [0, 0.1) is 0 Å². The minimum Gasteiger partial charge on any atom is -0.493 e. The highest BCUT2D eigenvalue weighted by molar-refractivity contribution is 5.93. The SMILES string of the molecule is COc1ccc(CC(=O)Nc2nc3cc(C(F)(F)F)ccc3n2Cc2ccco2)c(OC)c1OC. The maximum Gasteiger partial charge on any atom is 0.416 e. The quantitative estimate of drug-likeness (QED) is 0.379. The highest BCUT2D eigenvalue weighted by Gasteiger charge is 2.31. The Morgan fingerprint density at radius 1 is 1.06 bits per heavy atom. The average molecular weight is 489 g/mol. The van der Waals surface area contributed by atoms with Gasteiger partial charge in [-0.05, 0) is 36.4 Å². The molecule has 0 aliphatic heterocycles. The first-order valence-electron chi connectivity index (χ1n) is 10.4. The molecule has 11 heteroatoms. The van der Waals surface area contributed by atoms with Gasteiger partial charge < -0.3 is 23.2 Å². The summed E-state index contributed by atoms with van der Waals surface area (Å²) in [6.45, 7) is 0.157. The van der Waals surface area contributed by atoms with Crippen LogP contribution in [-0.4, -0.2) is 36.8 Å². The second-order valence-electron chi connectivity index (χ2n) is 7.52. The van der Waals surface area contributed by atoms with Crippen LogP contribution in [-0.2, 0) is 23.9 Å². The molecule has 2 heterocycles. The maximum absolute atomic E-state index is 13.2. The minimum absolute atomic E-state index is 0.0835. The lowest BCUT2D eigenvalue weighted by Crippen LogP contribution is -2.18. The van der Waals surface area contributed by atoms with E-state index in [1.165, 1.54) is 33.7 Å². The van der Waals surface area contributed by atoms with Gasteiger partial charge in [-0.25, -0.2) is 4.98 Å². The number of nitrogens with one attached hydrogen (secondary N) is 1. The number of methoxy groups -OCH3 is 3. The number of hydrogen-bond donors (Lipinski definition) is 1. The zero-order chi connectivity index (χ0) is 25.2. The fraction of sp³-hybridized carbons (Fsp3) is 0.250. The normalized spacial score (nSPS) is 11.5. The Labute approximate surface area is 198 Å². The first kappa shape index (κ1) is 24.0. The third-order valence-corrected chi connectivity index (χ3v) is 5.36. The summed E-state index contributed by atoms with van der Waals surface area (Å²) in [6.07, 6.45) is -3.15. The summed E-state index contributed by atoms with van der Waals surface area (Å²) in [5.41, 5.74) is 0.190. The summed E-state index contributed by atoms with van der Waals surface area (Å²) in [6, 6.07) is 9.97. The largest absolute Gasteiger partial charge is 0.493 e. The predicted octanol–water partition coefficient (Wildman–Crippen LogP) is 4.90. The van der Waals surface area contributed by atoms with Crippen LogP contribution < -0.4 is 19.5 Å². The molecule has 1 N–H and O–H groups in total. The van der Waals surface area contributed by atoms with Crippen LogP contribution >= 0.6 is 0 Å². The van der Waals surface area contributed by atoms with E-state index in [2.05, 4.69) is 10.3 Å². The van der Waals surface area contributed by atoms with Gasteiger partial charge in [-0.3, -0.25) is 10.1 Å². The standard InChI is InChI=1S/C24H22F3N3O5/c1-32-19-9-6-14(21(33-2)22(19)34-3)11-20(31)29-23-28-17-12-15(24(25,26)27)7-8-18(17)30(23)13-16-5-4-10-35-16/h4-10,12H,11,13H2,1-3H3,(H,28,29,31). The van der Waals surface area contributed by atoms with Gasteiger partial charge in [0, 0.05) is 5.56 Å². The van der Waals surface area contributed by atoms with Gasteiger partial charge in [0.2, 0.25) is 17.6 Å². The van der Waals surface area contributed by atoms with Crippen molar-refractivity contribution in [1.29, 1.82) is 0 Å². The molecule has 2 aromatic heterocycles. The van der Waals surface area contributed by atoms with E-state index in [9.17, 15) is 18.0 Å². The van der Waals surface area contributed by atoms with Crippen molar-refractivity contribution in [3.8, 4) is 17.2 Å². The number of nitrogens with zero attached hydrogens (tertiary/aromatic N) is 2. The number of furan rings is 1. The summed E-state index contributed by atoms with van der Waals surface area (Å²) >= 11 is 0. The van der Waals surface area contributed by atoms with Gasteiger partial charge in [0.25, 0.3) is 0 Å². The number of fused-ring (bicyclic) bond motifs is 1. The van der Waals surface area contributed by atoms with Crippen molar-refractivity contribution < 1.29 is 36.6 Å².